The monoisotopic (exact) mass is 357 g/mol. The van der Waals surface area contributed by atoms with E-state index in [1.54, 1.807) is 0 Å². The maximum Gasteiger partial charge on any atom is 0.192 e. The molecule has 2 aromatic rings. The molecule has 136 valence electrons. The maximum absolute atomic E-state index is 6.52. The lowest BCUT2D eigenvalue weighted by atomic mass is 10.1. The molecule has 1 heterocycles. The van der Waals surface area contributed by atoms with Crippen molar-refractivity contribution in [1.29, 1.82) is 0 Å². The van der Waals surface area contributed by atoms with Crippen LogP contribution in [0.4, 0.5) is 0 Å². The number of nitrogens with one attached hydrogen (secondary N) is 1. The van der Waals surface area contributed by atoms with E-state index in [1.165, 1.54) is 10.8 Å². The van der Waals surface area contributed by atoms with Gasteiger partial charge in [0.25, 0.3) is 0 Å². The van der Waals surface area contributed by atoms with Gasteiger partial charge in [0.1, 0.15) is 12.4 Å². The number of ether oxygens (including phenoxy) is 1. The Bertz CT molecular complexity index is 723. The summed E-state index contributed by atoms with van der Waals surface area (Å²) in [7, 11) is -1.70. The first-order valence-corrected chi connectivity index (χ1v) is 12.2. The Morgan fingerprint density at radius 1 is 1.08 bits per heavy atom. The van der Waals surface area contributed by atoms with Gasteiger partial charge in [-0.3, -0.25) is 0 Å². The number of hydrogen-bond acceptors (Lipinski definition) is 3. The molecular weight excluding hydrogens is 326 g/mol. The normalized spacial score (nSPS) is 21.6. The zero-order chi connectivity index (χ0) is 18.1. The molecule has 1 fully saturated rings. The molecule has 0 radical (unpaired) electrons. The van der Waals surface area contributed by atoms with E-state index in [9.17, 15) is 0 Å². The summed E-state index contributed by atoms with van der Waals surface area (Å²) < 4.78 is 12.6. The fourth-order valence-corrected chi connectivity index (χ4v) is 4.41. The standard InChI is InChI=1S/C21H31NO2Si/c1-21(2,3)25(4,5)24-20-13-18(22-14-20)15-23-19-11-10-16-8-6-7-9-17(16)12-19/h6-12,18,20,22H,13-15H2,1-5H3/t18-,20+/m0/s1. The van der Waals surface area contributed by atoms with E-state index in [0.717, 1.165) is 18.7 Å². The summed E-state index contributed by atoms with van der Waals surface area (Å²) in [6, 6.07) is 15.0. The van der Waals surface area contributed by atoms with Gasteiger partial charge in [0.15, 0.2) is 8.32 Å². The van der Waals surface area contributed by atoms with Gasteiger partial charge in [-0.2, -0.15) is 0 Å². The molecule has 0 aliphatic carbocycles. The van der Waals surface area contributed by atoms with Crippen molar-refractivity contribution in [1.82, 2.24) is 5.32 Å². The van der Waals surface area contributed by atoms with Gasteiger partial charge in [0.05, 0.1) is 6.10 Å². The third-order valence-corrected chi connectivity index (χ3v) is 10.2. The highest BCUT2D eigenvalue weighted by atomic mass is 28.4. The van der Waals surface area contributed by atoms with E-state index in [4.69, 9.17) is 9.16 Å². The quantitative estimate of drug-likeness (QED) is 0.766. The summed E-state index contributed by atoms with van der Waals surface area (Å²) in [6.45, 7) is 13.2. The van der Waals surface area contributed by atoms with Crippen LogP contribution in [0, 0.1) is 0 Å². The third kappa shape index (κ3) is 4.43. The van der Waals surface area contributed by atoms with Crippen LogP contribution in [0.15, 0.2) is 42.5 Å². The molecule has 1 saturated heterocycles. The molecule has 0 amide bonds. The molecule has 2 aromatic carbocycles. The van der Waals surface area contributed by atoms with E-state index < -0.39 is 8.32 Å². The first kappa shape index (κ1) is 18.4. The van der Waals surface area contributed by atoms with E-state index in [-0.39, 0.29) is 5.04 Å². The number of hydrogen-bond donors (Lipinski definition) is 1. The second-order valence-electron chi connectivity index (χ2n) is 8.66. The Labute approximate surface area is 152 Å². The maximum atomic E-state index is 6.52. The van der Waals surface area contributed by atoms with Crippen molar-refractivity contribution >= 4 is 19.1 Å². The van der Waals surface area contributed by atoms with Crippen molar-refractivity contribution in [2.45, 2.75) is 57.5 Å². The molecule has 3 rings (SSSR count). The zero-order valence-electron chi connectivity index (χ0n) is 16.1. The number of fused-ring (bicyclic) bond motifs is 1. The second kappa shape index (κ2) is 7.10. The Hall–Kier alpha value is -1.36. The molecule has 25 heavy (non-hydrogen) atoms. The van der Waals surface area contributed by atoms with E-state index in [0.29, 0.717) is 18.8 Å². The molecule has 0 saturated carbocycles. The van der Waals surface area contributed by atoms with Crippen molar-refractivity contribution in [2.24, 2.45) is 0 Å². The van der Waals surface area contributed by atoms with Crippen molar-refractivity contribution < 1.29 is 9.16 Å². The van der Waals surface area contributed by atoms with Crippen LogP contribution in [-0.2, 0) is 4.43 Å². The summed E-state index contributed by atoms with van der Waals surface area (Å²) in [5.74, 6) is 0.939. The lowest BCUT2D eigenvalue weighted by molar-refractivity contribution is 0.191. The molecule has 2 atom stereocenters. The predicted molar refractivity (Wildman–Crippen MR) is 108 cm³/mol. The third-order valence-electron chi connectivity index (χ3n) is 5.62. The smallest absolute Gasteiger partial charge is 0.192 e. The number of benzene rings is 2. The van der Waals surface area contributed by atoms with E-state index >= 15 is 0 Å². The van der Waals surface area contributed by atoms with Crippen molar-refractivity contribution in [2.75, 3.05) is 13.2 Å². The van der Waals surface area contributed by atoms with E-state index in [1.807, 2.05) is 0 Å². The van der Waals surface area contributed by atoms with Crippen LogP contribution in [-0.4, -0.2) is 33.6 Å². The van der Waals surface area contributed by atoms with Crippen LogP contribution in [0.3, 0.4) is 0 Å². The highest BCUT2D eigenvalue weighted by Crippen LogP contribution is 2.38. The van der Waals surface area contributed by atoms with Crippen LogP contribution in [0.5, 0.6) is 5.75 Å². The summed E-state index contributed by atoms with van der Waals surface area (Å²) in [5.41, 5.74) is 0. The first-order chi connectivity index (χ1) is 11.7. The molecule has 1 aliphatic rings. The summed E-state index contributed by atoms with van der Waals surface area (Å²) in [6.07, 6.45) is 1.34. The van der Waals surface area contributed by atoms with Gasteiger partial charge >= 0.3 is 0 Å². The van der Waals surface area contributed by atoms with Gasteiger partial charge in [-0.25, -0.2) is 0 Å². The second-order valence-corrected chi connectivity index (χ2v) is 13.4. The average Bonchev–Trinajstić information content (AvgIpc) is 2.98. The van der Waals surface area contributed by atoms with Crippen LogP contribution in [0.25, 0.3) is 10.8 Å². The summed E-state index contributed by atoms with van der Waals surface area (Å²) in [5, 5.41) is 6.28. The Kier molecular flexibility index (Phi) is 5.23. The van der Waals surface area contributed by atoms with E-state index in [2.05, 4.69) is 81.6 Å². The highest BCUT2D eigenvalue weighted by molar-refractivity contribution is 6.74. The van der Waals surface area contributed by atoms with Crippen LogP contribution in [0.2, 0.25) is 18.1 Å². The molecule has 0 aromatic heterocycles. The van der Waals surface area contributed by atoms with Gasteiger partial charge in [-0.1, -0.05) is 51.1 Å². The molecule has 4 heteroatoms. The predicted octanol–water partition coefficient (Wildman–Crippen LogP) is 4.97. The number of rotatable bonds is 5. The Balaban J connectivity index is 1.53. The van der Waals surface area contributed by atoms with Crippen LogP contribution < -0.4 is 10.1 Å². The topological polar surface area (TPSA) is 30.5 Å². The van der Waals surface area contributed by atoms with Gasteiger partial charge < -0.3 is 14.5 Å². The largest absolute Gasteiger partial charge is 0.492 e. The Morgan fingerprint density at radius 2 is 1.80 bits per heavy atom. The van der Waals surface area contributed by atoms with Crippen LogP contribution in [0.1, 0.15) is 27.2 Å². The van der Waals surface area contributed by atoms with Gasteiger partial charge in [0, 0.05) is 12.6 Å². The molecule has 1 aliphatic heterocycles. The minimum Gasteiger partial charge on any atom is -0.492 e. The van der Waals surface area contributed by atoms with Crippen molar-refractivity contribution in [3.8, 4) is 5.75 Å². The first-order valence-electron chi connectivity index (χ1n) is 9.27. The van der Waals surface area contributed by atoms with Crippen LogP contribution >= 0.6 is 0 Å². The molecule has 0 bridgehead atoms. The molecule has 0 spiro atoms. The van der Waals surface area contributed by atoms with Gasteiger partial charge in [0.2, 0.25) is 0 Å². The molecule has 0 unspecified atom stereocenters. The zero-order valence-corrected chi connectivity index (χ0v) is 17.1. The van der Waals surface area contributed by atoms with Crippen molar-refractivity contribution in [3.63, 3.8) is 0 Å². The fourth-order valence-electron chi connectivity index (χ4n) is 3.05. The summed E-state index contributed by atoms with van der Waals surface area (Å²) >= 11 is 0. The highest BCUT2D eigenvalue weighted by Gasteiger charge is 2.40. The lowest BCUT2D eigenvalue weighted by Crippen LogP contribution is -2.44. The fraction of sp³-hybridized carbons (Fsp3) is 0.524. The SMILES string of the molecule is CC(C)(C)[Si](C)(C)O[C@H]1CN[C@H](COc2ccc3ccccc3c2)C1. The molecule has 3 nitrogen and oxygen atoms in total. The minimum absolute atomic E-state index is 0.257. The summed E-state index contributed by atoms with van der Waals surface area (Å²) in [4.78, 5) is 0. The van der Waals surface area contributed by atoms with Crippen molar-refractivity contribution in [3.05, 3.63) is 42.5 Å². The van der Waals surface area contributed by atoms with Gasteiger partial charge in [-0.15, -0.1) is 0 Å². The molecule has 1 N–H and O–H groups in total. The average molecular weight is 358 g/mol. The Morgan fingerprint density at radius 3 is 2.52 bits per heavy atom. The lowest BCUT2D eigenvalue weighted by Gasteiger charge is -2.38. The minimum atomic E-state index is -1.70. The molecular formula is C21H31NO2Si. The van der Waals surface area contributed by atoms with Gasteiger partial charge in [-0.05, 0) is 47.5 Å².